The molecule has 0 N–H and O–H groups in total. The van der Waals surface area contributed by atoms with Gasteiger partial charge in [0.05, 0.1) is 12.7 Å². The van der Waals surface area contributed by atoms with Gasteiger partial charge in [-0.25, -0.2) is 4.39 Å². The molecule has 0 unspecified atom stereocenters. The summed E-state index contributed by atoms with van der Waals surface area (Å²) < 4.78 is 32.6. The number of unbranched alkanes of at least 4 members (excludes halogenated alkanes) is 3. The molecule has 1 aliphatic rings. The first-order chi connectivity index (χ1) is 14.6. The second kappa shape index (κ2) is 11.2. The molecule has 3 rings (SSSR count). The van der Waals surface area contributed by atoms with Crippen LogP contribution in [0.4, 0.5) is 8.78 Å². The van der Waals surface area contributed by atoms with Gasteiger partial charge in [-0.15, -0.1) is 0 Å². The summed E-state index contributed by atoms with van der Waals surface area (Å²) in [5.74, 6) is 5.13. The number of hydrogen-bond donors (Lipinski definition) is 0. The minimum atomic E-state index is -0.999. The standard InChI is InChI=1S/C27H32F2O/c1-3-4-5-6-7-20-8-13-22(14-9-20)23-15-10-21(11-16-23)12-17-24-18-19-25(30-2)27(29)26(24)28/h10-11,15-16,18-20,22H,3-9,13-14H2,1-2H3. The van der Waals surface area contributed by atoms with Crippen molar-refractivity contribution in [3.8, 4) is 17.6 Å². The first-order valence-electron chi connectivity index (χ1n) is 11.3. The summed E-state index contributed by atoms with van der Waals surface area (Å²) >= 11 is 0. The molecule has 0 radical (unpaired) electrons. The lowest BCUT2D eigenvalue weighted by Crippen LogP contribution is -2.13. The highest BCUT2D eigenvalue weighted by Gasteiger charge is 2.22. The average Bonchev–Trinajstić information content (AvgIpc) is 2.79. The highest BCUT2D eigenvalue weighted by atomic mass is 19.2. The van der Waals surface area contributed by atoms with Crippen molar-refractivity contribution in [2.24, 2.45) is 5.92 Å². The zero-order valence-corrected chi connectivity index (χ0v) is 18.1. The van der Waals surface area contributed by atoms with Crippen LogP contribution in [0.15, 0.2) is 36.4 Å². The Morgan fingerprint density at radius 1 is 0.867 bits per heavy atom. The second-order valence-electron chi connectivity index (χ2n) is 8.38. The minimum Gasteiger partial charge on any atom is -0.494 e. The Bertz CT molecular complexity index is 868. The molecule has 0 amide bonds. The van der Waals surface area contributed by atoms with E-state index in [1.807, 2.05) is 12.1 Å². The zero-order chi connectivity index (χ0) is 21.3. The van der Waals surface area contributed by atoms with E-state index in [0.717, 1.165) is 11.5 Å². The van der Waals surface area contributed by atoms with E-state index in [9.17, 15) is 8.78 Å². The van der Waals surface area contributed by atoms with Gasteiger partial charge in [-0.05, 0) is 67.3 Å². The van der Waals surface area contributed by atoms with E-state index in [2.05, 4.69) is 30.9 Å². The fourth-order valence-electron chi connectivity index (χ4n) is 4.41. The third-order valence-corrected chi connectivity index (χ3v) is 6.30. The first kappa shape index (κ1) is 22.3. The maximum atomic E-state index is 14.0. The van der Waals surface area contributed by atoms with Crippen LogP contribution in [0.25, 0.3) is 0 Å². The molecule has 0 heterocycles. The predicted molar refractivity (Wildman–Crippen MR) is 119 cm³/mol. The van der Waals surface area contributed by atoms with Crippen molar-refractivity contribution in [3.05, 3.63) is 64.7 Å². The number of ether oxygens (including phenoxy) is 1. The maximum Gasteiger partial charge on any atom is 0.201 e. The van der Waals surface area contributed by atoms with Crippen molar-refractivity contribution < 1.29 is 13.5 Å². The third kappa shape index (κ3) is 5.85. The van der Waals surface area contributed by atoms with Gasteiger partial charge in [0.25, 0.3) is 0 Å². The Labute approximate surface area is 179 Å². The molecule has 1 fully saturated rings. The largest absolute Gasteiger partial charge is 0.494 e. The van der Waals surface area contributed by atoms with Crippen LogP contribution in [0.5, 0.6) is 5.75 Å². The van der Waals surface area contributed by atoms with Crippen LogP contribution < -0.4 is 4.74 Å². The maximum absolute atomic E-state index is 14.0. The highest BCUT2D eigenvalue weighted by molar-refractivity contribution is 5.46. The summed E-state index contributed by atoms with van der Waals surface area (Å²) in [5, 5.41) is 0. The van der Waals surface area contributed by atoms with Crippen LogP contribution >= 0.6 is 0 Å². The molecule has 0 spiro atoms. The zero-order valence-electron chi connectivity index (χ0n) is 18.1. The average molecular weight is 411 g/mol. The van der Waals surface area contributed by atoms with E-state index in [1.54, 1.807) is 0 Å². The Morgan fingerprint density at radius 3 is 2.27 bits per heavy atom. The summed E-state index contributed by atoms with van der Waals surface area (Å²) in [5.41, 5.74) is 2.21. The van der Waals surface area contributed by atoms with E-state index < -0.39 is 11.6 Å². The summed E-state index contributed by atoms with van der Waals surface area (Å²) in [6, 6.07) is 11.1. The Morgan fingerprint density at radius 2 is 1.60 bits per heavy atom. The van der Waals surface area contributed by atoms with Crippen molar-refractivity contribution in [2.75, 3.05) is 7.11 Å². The third-order valence-electron chi connectivity index (χ3n) is 6.30. The molecule has 0 aliphatic heterocycles. The van der Waals surface area contributed by atoms with Gasteiger partial charge >= 0.3 is 0 Å². The van der Waals surface area contributed by atoms with Gasteiger partial charge < -0.3 is 4.74 Å². The molecule has 0 bridgehead atoms. The number of methoxy groups -OCH3 is 1. The van der Waals surface area contributed by atoms with Crippen molar-refractivity contribution in [1.29, 1.82) is 0 Å². The Kier molecular flexibility index (Phi) is 8.31. The van der Waals surface area contributed by atoms with E-state index >= 15 is 0 Å². The van der Waals surface area contributed by atoms with Gasteiger partial charge in [-0.1, -0.05) is 63.0 Å². The quantitative estimate of drug-likeness (QED) is 0.337. The molecule has 1 nitrogen and oxygen atoms in total. The van der Waals surface area contributed by atoms with E-state index in [-0.39, 0.29) is 11.3 Å². The molecule has 2 aromatic rings. The lowest BCUT2D eigenvalue weighted by molar-refractivity contribution is 0.302. The second-order valence-corrected chi connectivity index (χ2v) is 8.38. The molecule has 30 heavy (non-hydrogen) atoms. The Balaban J connectivity index is 1.56. The molecule has 1 aliphatic carbocycles. The van der Waals surface area contributed by atoms with Crippen LogP contribution in [0.1, 0.15) is 87.3 Å². The fourth-order valence-corrected chi connectivity index (χ4v) is 4.41. The molecule has 1 saturated carbocycles. The highest BCUT2D eigenvalue weighted by Crippen LogP contribution is 2.37. The molecular formula is C27H32F2O. The normalized spacial score (nSPS) is 18.5. The summed E-state index contributed by atoms with van der Waals surface area (Å²) in [7, 11) is 1.31. The van der Waals surface area contributed by atoms with Crippen molar-refractivity contribution >= 4 is 0 Å². The predicted octanol–water partition coefficient (Wildman–Crippen LogP) is 7.62. The number of benzene rings is 2. The number of hydrogen-bond acceptors (Lipinski definition) is 1. The number of rotatable bonds is 7. The fraction of sp³-hybridized carbons (Fsp3) is 0.481. The molecular weight excluding hydrogens is 378 g/mol. The summed E-state index contributed by atoms with van der Waals surface area (Å²) in [4.78, 5) is 0. The van der Waals surface area contributed by atoms with E-state index in [0.29, 0.717) is 5.92 Å². The van der Waals surface area contributed by atoms with Gasteiger partial charge in [0.1, 0.15) is 0 Å². The lowest BCUT2D eigenvalue weighted by Gasteiger charge is -2.29. The lowest BCUT2D eigenvalue weighted by atomic mass is 9.77. The van der Waals surface area contributed by atoms with Crippen LogP contribution in [0, 0.1) is 29.4 Å². The van der Waals surface area contributed by atoms with Crippen molar-refractivity contribution in [1.82, 2.24) is 0 Å². The topological polar surface area (TPSA) is 9.23 Å². The van der Waals surface area contributed by atoms with Crippen LogP contribution in [-0.2, 0) is 0 Å². The molecule has 3 heteroatoms. The monoisotopic (exact) mass is 410 g/mol. The summed E-state index contributed by atoms with van der Waals surface area (Å²) in [6.07, 6.45) is 12.0. The van der Waals surface area contributed by atoms with Crippen LogP contribution in [-0.4, -0.2) is 7.11 Å². The van der Waals surface area contributed by atoms with Gasteiger partial charge in [-0.2, -0.15) is 4.39 Å². The van der Waals surface area contributed by atoms with Crippen LogP contribution in [0.3, 0.4) is 0 Å². The van der Waals surface area contributed by atoms with Gasteiger partial charge in [0.2, 0.25) is 5.82 Å². The minimum absolute atomic E-state index is 0.0367. The Hall–Kier alpha value is -2.34. The SMILES string of the molecule is CCCCCCC1CCC(c2ccc(C#Cc3ccc(OC)c(F)c3F)cc2)CC1. The van der Waals surface area contributed by atoms with Crippen molar-refractivity contribution in [2.45, 2.75) is 70.6 Å². The van der Waals surface area contributed by atoms with E-state index in [4.69, 9.17) is 4.74 Å². The molecule has 160 valence electrons. The van der Waals surface area contributed by atoms with Gasteiger partial charge in [0, 0.05) is 5.56 Å². The first-order valence-corrected chi connectivity index (χ1v) is 11.3. The molecule has 0 saturated heterocycles. The van der Waals surface area contributed by atoms with Crippen molar-refractivity contribution in [3.63, 3.8) is 0 Å². The van der Waals surface area contributed by atoms with E-state index in [1.165, 1.54) is 82.6 Å². The van der Waals surface area contributed by atoms with Crippen LogP contribution in [0.2, 0.25) is 0 Å². The summed E-state index contributed by atoms with van der Waals surface area (Å²) in [6.45, 7) is 2.26. The number of halogens is 2. The molecule has 0 aromatic heterocycles. The van der Waals surface area contributed by atoms with Gasteiger partial charge in [0.15, 0.2) is 11.6 Å². The van der Waals surface area contributed by atoms with Gasteiger partial charge in [-0.3, -0.25) is 0 Å². The molecule has 0 atom stereocenters. The molecule has 2 aromatic carbocycles. The smallest absolute Gasteiger partial charge is 0.201 e.